The van der Waals surface area contributed by atoms with E-state index in [1.807, 2.05) is 0 Å². The first-order chi connectivity index (χ1) is 7.20. The molecule has 8 heteroatoms. The van der Waals surface area contributed by atoms with E-state index in [4.69, 9.17) is 0 Å². The van der Waals surface area contributed by atoms with Crippen LogP contribution in [-0.2, 0) is 0 Å². The average Bonchev–Trinajstić information content (AvgIpc) is 2.07. The summed E-state index contributed by atoms with van der Waals surface area (Å²) in [5.41, 5.74) is -0.559. The van der Waals surface area contributed by atoms with Gasteiger partial charge in [0.2, 0.25) is 5.88 Å². The number of aromatic nitrogens is 1. The number of hydrogen-bond donors (Lipinski definition) is 0. The van der Waals surface area contributed by atoms with Crippen LogP contribution in [0, 0.1) is 10.5 Å². The maximum atomic E-state index is 12.4. The molecule has 0 saturated carbocycles. The Bertz CT molecular complexity index is 393. The summed E-state index contributed by atoms with van der Waals surface area (Å²) in [6, 6.07) is 0.954. The van der Waals surface area contributed by atoms with E-state index in [2.05, 4.69) is 9.72 Å². The van der Waals surface area contributed by atoms with Crippen LogP contribution >= 0.6 is 22.6 Å². The van der Waals surface area contributed by atoms with Gasteiger partial charge in [0.1, 0.15) is 5.69 Å². The molecule has 0 aliphatic rings. The van der Waals surface area contributed by atoms with E-state index >= 15 is 0 Å². The van der Waals surface area contributed by atoms with Gasteiger partial charge in [0.05, 0.1) is 0 Å². The lowest BCUT2D eigenvalue weighted by Gasteiger charge is -2.11. The number of pyridine rings is 1. The van der Waals surface area contributed by atoms with Gasteiger partial charge in [0.15, 0.2) is 0 Å². The van der Waals surface area contributed by atoms with Gasteiger partial charge < -0.3 is 4.74 Å². The molecule has 2 nitrogen and oxygen atoms in total. The fraction of sp³-hybridized carbons (Fsp3) is 0.375. The molecule has 16 heavy (non-hydrogen) atoms. The predicted octanol–water partition coefficient (Wildman–Crippen LogP) is 3.83. The molecule has 1 heterocycles. The van der Waals surface area contributed by atoms with Crippen LogP contribution in [0.2, 0.25) is 0 Å². The number of ether oxygens (including phenoxy) is 1. The van der Waals surface area contributed by atoms with Crippen molar-refractivity contribution in [2.24, 2.45) is 0 Å². The molecular formula is C8H5F5INO. The highest BCUT2D eigenvalue weighted by atomic mass is 127. The minimum Gasteiger partial charge on any atom is -0.388 e. The second kappa shape index (κ2) is 4.68. The van der Waals surface area contributed by atoms with Crippen molar-refractivity contribution in [2.75, 3.05) is 0 Å². The molecule has 0 atom stereocenters. The largest absolute Gasteiger partial charge is 0.574 e. The minimum absolute atomic E-state index is 0.144. The van der Waals surface area contributed by atoms with E-state index in [-0.39, 0.29) is 9.13 Å². The first-order valence-corrected chi connectivity index (χ1v) is 4.99. The van der Waals surface area contributed by atoms with E-state index < -0.39 is 24.4 Å². The normalized spacial score (nSPS) is 12.0. The fourth-order valence-corrected chi connectivity index (χ4v) is 1.50. The third-order valence-electron chi connectivity index (χ3n) is 1.65. The molecule has 0 spiro atoms. The summed E-state index contributed by atoms with van der Waals surface area (Å²) in [7, 11) is 0. The van der Waals surface area contributed by atoms with Crippen LogP contribution in [0.5, 0.6) is 5.88 Å². The van der Waals surface area contributed by atoms with Gasteiger partial charge in [-0.05, 0) is 35.1 Å². The molecule has 1 aromatic heterocycles. The molecule has 1 aromatic rings. The molecule has 0 fully saturated rings. The lowest BCUT2D eigenvalue weighted by molar-refractivity contribution is -0.276. The first-order valence-electron chi connectivity index (χ1n) is 3.91. The molecule has 0 aliphatic heterocycles. The Morgan fingerprint density at radius 2 is 1.94 bits per heavy atom. The lowest BCUT2D eigenvalue weighted by Crippen LogP contribution is -2.18. The lowest BCUT2D eigenvalue weighted by atomic mass is 10.2. The Kier molecular flexibility index (Phi) is 3.92. The second-order valence-corrected chi connectivity index (χ2v) is 3.96. The molecule has 1 rings (SSSR count). The third kappa shape index (κ3) is 3.42. The summed E-state index contributed by atoms with van der Waals surface area (Å²) in [6.45, 7) is 1.35. The zero-order valence-corrected chi connectivity index (χ0v) is 9.94. The second-order valence-electron chi connectivity index (χ2n) is 2.80. The zero-order chi connectivity index (χ0) is 12.5. The monoisotopic (exact) mass is 353 g/mol. The van der Waals surface area contributed by atoms with Crippen molar-refractivity contribution >= 4 is 22.6 Å². The summed E-state index contributed by atoms with van der Waals surface area (Å²) in [4.78, 5) is 3.12. The first kappa shape index (κ1) is 13.4. The quantitative estimate of drug-likeness (QED) is 0.596. The van der Waals surface area contributed by atoms with E-state index in [9.17, 15) is 22.0 Å². The topological polar surface area (TPSA) is 22.1 Å². The van der Waals surface area contributed by atoms with E-state index in [0.717, 1.165) is 6.07 Å². The van der Waals surface area contributed by atoms with Crippen LogP contribution in [0.25, 0.3) is 0 Å². The molecule has 0 bridgehead atoms. The highest BCUT2D eigenvalue weighted by Gasteiger charge is 2.32. The number of alkyl halides is 5. The van der Waals surface area contributed by atoms with Crippen LogP contribution in [-0.4, -0.2) is 11.3 Å². The van der Waals surface area contributed by atoms with Crippen molar-refractivity contribution in [3.05, 3.63) is 20.9 Å². The molecule has 0 amide bonds. The maximum absolute atomic E-state index is 12.4. The van der Waals surface area contributed by atoms with Crippen molar-refractivity contribution in [3.8, 4) is 5.88 Å². The van der Waals surface area contributed by atoms with Crippen LogP contribution in [0.4, 0.5) is 22.0 Å². The van der Waals surface area contributed by atoms with Crippen molar-refractivity contribution in [1.82, 2.24) is 4.98 Å². The third-order valence-corrected chi connectivity index (χ3v) is 2.77. The molecule has 90 valence electrons. The number of hydrogen-bond acceptors (Lipinski definition) is 2. The van der Waals surface area contributed by atoms with Gasteiger partial charge in [-0.2, -0.15) is 0 Å². The summed E-state index contributed by atoms with van der Waals surface area (Å²) < 4.78 is 64.1. The van der Waals surface area contributed by atoms with Crippen molar-refractivity contribution in [2.45, 2.75) is 19.7 Å². The Labute approximate surface area is 101 Å². The average molecular weight is 353 g/mol. The van der Waals surface area contributed by atoms with Crippen molar-refractivity contribution in [1.29, 1.82) is 0 Å². The van der Waals surface area contributed by atoms with Gasteiger partial charge in [0.25, 0.3) is 6.43 Å². The molecule has 0 radical (unpaired) electrons. The maximum Gasteiger partial charge on any atom is 0.574 e. The van der Waals surface area contributed by atoms with Crippen LogP contribution in [0.3, 0.4) is 0 Å². The SMILES string of the molecule is Cc1c(I)cc(OC(F)(F)F)nc1C(F)F. The van der Waals surface area contributed by atoms with Crippen LogP contribution in [0.1, 0.15) is 17.7 Å². The molecule has 0 aliphatic carbocycles. The van der Waals surface area contributed by atoms with Crippen LogP contribution < -0.4 is 4.74 Å². The summed E-state index contributed by atoms with van der Waals surface area (Å²) >= 11 is 1.64. The predicted molar refractivity (Wildman–Crippen MR) is 53.3 cm³/mol. The molecule has 0 aromatic carbocycles. The van der Waals surface area contributed by atoms with Crippen LogP contribution in [0.15, 0.2) is 6.07 Å². The van der Waals surface area contributed by atoms with Gasteiger partial charge in [-0.15, -0.1) is 13.2 Å². The van der Waals surface area contributed by atoms with Crippen molar-refractivity contribution in [3.63, 3.8) is 0 Å². The number of nitrogens with zero attached hydrogens (tertiary/aromatic N) is 1. The number of rotatable bonds is 2. The highest BCUT2D eigenvalue weighted by molar-refractivity contribution is 14.1. The molecule has 0 N–H and O–H groups in total. The molecular weight excluding hydrogens is 348 g/mol. The summed E-state index contributed by atoms with van der Waals surface area (Å²) in [5, 5.41) is 0. The van der Waals surface area contributed by atoms with Gasteiger partial charge in [-0.3, -0.25) is 0 Å². The molecule has 0 saturated heterocycles. The summed E-state index contributed by atoms with van der Waals surface area (Å²) in [6.07, 6.45) is -7.88. The highest BCUT2D eigenvalue weighted by Crippen LogP contribution is 2.29. The summed E-state index contributed by atoms with van der Waals surface area (Å²) in [5.74, 6) is -0.877. The van der Waals surface area contributed by atoms with E-state index in [1.54, 1.807) is 22.6 Å². The van der Waals surface area contributed by atoms with E-state index in [1.165, 1.54) is 6.92 Å². The Morgan fingerprint density at radius 3 is 2.38 bits per heavy atom. The van der Waals surface area contributed by atoms with Crippen molar-refractivity contribution < 1.29 is 26.7 Å². The van der Waals surface area contributed by atoms with E-state index in [0.29, 0.717) is 0 Å². The minimum atomic E-state index is -4.94. The van der Waals surface area contributed by atoms with Gasteiger partial charge >= 0.3 is 6.36 Å². The number of halogens is 6. The molecule has 0 unspecified atom stereocenters. The van der Waals surface area contributed by atoms with Gasteiger partial charge in [-0.25, -0.2) is 13.8 Å². The zero-order valence-electron chi connectivity index (χ0n) is 7.78. The van der Waals surface area contributed by atoms with Gasteiger partial charge in [-0.1, -0.05) is 0 Å². The fourth-order valence-electron chi connectivity index (χ4n) is 0.957. The smallest absolute Gasteiger partial charge is 0.388 e. The van der Waals surface area contributed by atoms with Gasteiger partial charge in [0, 0.05) is 9.64 Å². The Morgan fingerprint density at radius 1 is 1.38 bits per heavy atom. The Hall–Kier alpha value is -0.670. The Balaban J connectivity index is 3.14. The standard InChI is InChI=1S/C8H5F5INO/c1-3-4(14)2-5(16-8(11,12)13)15-6(3)7(9)10/h2,7H,1H3.